The van der Waals surface area contributed by atoms with E-state index >= 15 is 0 Å². The van der Waals surface area contributed by atoms with Crippen LogP contribution in [0, 0.1) is 5.92 Å². The monoisotopic (exact) mass is 717 g/mol. The predicted molar refractivity (Wildman–Crippen MR) is 177 cm³/mol. The molecule has 1 aromatic heterocycles. The lowest BCUT2D eigenvalue weighted by molar-refractivity contribution is -0.122. The number of rotatable bonds is 8. The minimum absolute atomic E-state index is 0.203. The number of nitrogens with one attached hydrogen (secondary N) is 2. The number of ether oxygens (including phenoxy) is 2. The first kappa shape index (κ1) is 32.1. The fraction of sp³-hybridized carbons (Fsp3) is 0.194. The van der Waals surface area contributed by atoms with Crippen molar-refractivity contribution >= 4 is 93.0 Å². The van der Waals surface area contributed by atoms with Crippen LogP contribution >= 0.6 is 57.9 Å². The molecule has 0 saturated carbocycles. The first-order valence-electron chi connectivity index (χ1n) is 13.8. The number of carbonyl (C=O) groups excluding carboxylic acids is 4. The molecule has 46 heavy (non-hydrogen) atoms. The first-order valence-corrected chi connectivity index (χ1v) is 16.6. The molecule has 1 fully saturated rings. The zero-order valence-corrected chi connectivity index (χ0v) is 27.6. The maximum absolute atomic E-state index is 14.1. The fourth-order valence-electron chi connectivity index (χ4n) is 5.38. The number of benzene rings is 3. The van der Waals surface area contributed by atoms with E-state index in [-0.39, 0.29) is 33.5 Å². The van der Waals surface area contributed by atoms with E-state index < -0.39 is 47.4 Å². The van der Waals surface area contributed by atoms with E-state index in [1.165, 1.54) is 30.3 Å². The van der Waals surface area contributed by atoms with Crippen molar-refractivity contribution in [3.05, 3.63) is 101 Å². The number of fused-ring (bicyclic) bond motifs is 2. The number of aromatic nitrogens is 1. The molecule has 4 aromatic rings. The summed E-state index contributed by atoms with van der Waals surface area (Å²) >= 11 is 20.5. The summed E-state index contributed by atoms with van der Waals surface area (Å²) < 4.78 is 11.0. The van der Waals surface area contributed by atoms with Crippen molar-refractivity contribution in [2.24, 2.45) is 5.92 Å². The van der Waals surface area contributed by atoms with E-state index in [1.807, 2.05) is 0 Å². The van der Waals surface area contributed by atoms with Gasteiger partial charge in [-0.15, -0.1) is 0 Å². The number of nitrogens with zero attached hydrogens (tertiary/aromatic N) is 1. The summed E-state index contributed by atoms with van der Waals surface area (Å²) in [5.74, 6) is -3.49. The number of anilines is 2. The Balaban J connectivity index is 1.32. The lowest BCUT2D eigenvalue weighted by Crippen LogP contribution is -2.32. The molecule has 10 nitrogen and oxygen atoms in total. The van der Waals surface area contributed by atoms with Crippen molar-refractivity contribution in [2.75, 3.05) is 23.4 Å². The molecular weight excluding hydrogens is 697 g/mol. The van der Waals surface area contributed by atoms with Gasteiger partial charge < -0.3 is 19.8 Å². The van der Waals surface area contributed by atoms with E-state index in [2.05, 4.69) is 10.3 Å². The standard InChI is InChI=1S/C31H22Cl3N3O7S2/c1-2-43-30(41)14-3-7-17(8-4-14)37-28(39)24-23(25-27(36-31(42)46-25)45-26(24)29(37)40)18-11-15(32)5-10-21(18)44-13-22(38)35-16-6-9-19(33)20(34)12-16/h3-12,23-24,26H,2,13H2,1H3,(H,35,38)(H,36,42)/t23-,24?,26?/m1/s1. The van der Waals surface area contributed by atoms with Crippen LogP contribution in [0.15, 0.2) is 70.5 Å². The highest BCUT2D eigenvalue weighted by atomic mass is 35.5. The molecule has 3 atom stereocenters. The molecule has 6 rings (SSSR count). The van der Waals surface area contributed by atoms with Gasteiger partial charge in [0.2, 0.25) is 11.8 Å². The largest absolute Gasteiger partial charge is 0.483 e. The number of amides is 3. The summed E-state index contributed by atoms with van der Waals surface area (Å²) in [6.07, 6.45) is 0. The Morgan fingerprint density at radius 3 is 2.43 bits per heavy atom. The molecule has 15 heteroatoms. The topological polar surface area (TPSA) is 135 Å². The molecule has 3 aromatic carbocycles. The lowest BCUT2D eigenvalue weighted by Gasteiger charge is -2.31. The number of halogens is 3. The number of H-pyrrole nitrogens is 1. The number of hydrogen-bond acceptors (Lipinski definition) is 9. The molecule has 0 aliphatic carbocycles. The molecule has 2 aliphatic heterocycles. The molecule has 2 N–H and O–H groups in total. The minimum atomic E-state index is -0.938. The number of hydrogen-bond donors (Lipinski definition) is 2. The first-order chi connectivity index (χ1) is 22.0. The van der Waals surface area contributed by atoms with Gasteiger partial charge in [0, 0.05) is 27.1 Å². The Morgan fingerprint density at radius 2 is 1.72 bits per heavy atom. The molecule has 2 aliphatic rings. The van der Waals surface area contributed by atoms with E-state index in [0.717, 1.165) is 28.0 Å². The highest BCUT2D eigenvalue weighted by molar-refractivity contribution is 8.00. The normalized spacial score (nSPS) is 18.6. The van der Waals surface area contributed by atoms with Gasteiger partial charge in [-0.2, -0.15) is 0 Å². The van der Waals surface area contributed by atoms with Crippen LogP contribution < -0.4 is 19.8 Å². The Hall–Kier alpha value is -3.81. The van der Waals surface area contributed by atoms with Crippen LogP contribution in [0.4, 0.5) is 11.4 Å². The maximum Gasteiger partial charge on any atom is 0.338 e. The zero-order chi connectivity index (χ0) is 32.7. The third kappa shape index (κ3) is 6.15. The second kappa shape index (κ2) is 13.1. The number of carbonyl (C=O) groups is 4. The summed E-state index contributed by atoms with van der Waals surface area (Å²) in [6, 6.07) is 15.4. The lowest BCUT2D eigenvalue weighted by atomic mass is 9.82. The van der Waals surface area contributed by atoms with Gasteiger partial charge in [-0.25, -0.2) is 9.69 Å². The molecule has 0 radical (unpaired) electrons. The molecular formula is C31H22Cl3N3O7S2. The second-order valence-electron chi connectivity index (χ2n) is 10.2. The van der Waals surface area contributed by atoms with Crippen LogP contribution in [0.5, 0.6) is 5.75 Å². The number of imide groups is 1. The van der Waals surface area contributed by atoms with Crippen molar-refractivity contribution < 1.29 is 28.7 Å². The Kier molecular flexibility index (Phi) is 9.17. The van der Waals surface area contributed by atoms with Gasteiger partial charge in [0.05, 0.1) is 38.8 Å². The summed E-state index contributed by atoms with van der Waals surface area (Å²) in [4.78, 5) is 69.5. The highest BCUT2D eigenvalue weighted by Crippen LogP contribution is 2.54. The van der Waals surface area contributed by atoms with Gasteiger partial charge >= 0.3 is 10.8 Å². The van der Waals surface area contributed by atoms with Crippen molar-refractivity contribution in [1.29, 1.82) is 0 Å². The van der Waals surface area contributed by atoms with Crippen molar-refractivity contribution in [3.8, 4) is 5.75 Å². The van der Waals surface area contributed by atoms with Crippen LogP contribution in [-0.4, -0.2) is 47.1 Å². The van der Waals surface area contributed by atoms with Gasteiger partial charge in [-0.1, -0.05) is 57.9 Å². The summed E-state index contributed by atoms with van der Waals surface area (Å²) in [5.41, 5.74) is 1.41. The van der Waals surface area contributed by atoms with Crippen molar-refractivity contribution in [3.63, 3.8) is 0 Å². The number of thiazole rings is 1. The van der Waals surface area contributed by atoms with Crippen molar-refractivity contribution in [1.82, 2.24) is 4.98 Å². The summed E-state index contributed by atoms with van der Waals surface area (Å²) in [6.45, 7) is 1.49. The molecule has 3 amide bonds. The van der Waals surface area contributed by atoms with Gasteiger partial charge in [-0.05, 0) is 67.6 Å². The third-order valence-corrected chi connectivity index (χ3v) is 10.7. The predicted octanol–water partition coefficient (Wildman–Crippen LogP) is 6.39. The zero-order valence-electron chi connectivity index (χ0n) is 23.7. The Bertz CT molecular complexity index is 1950. The fourth-order valence-corrected chi connectivity index (χ4v) is 8.36. The summed E-state index contributed by atoms with van der Waals surface area (Å²) in [7, 11) is 0. The Labute approximate surface area is 284 Å². The van der Waals surface area contributed by atoms with E-state index in [0.29, 0.717) is 31.2 Å². The van der Waals surface area contributed by atoms with E-state index in [1.54, 1.807) is 37.3 Å². The number of aromatic amines is 1. The molecule has 2 unspecified atom stereocenters. The average molecular weight is 719 g/mol. The molecule has 1 saturated heterocycles. The highest BCUT2D eigenvalue weighted by Gasteiger charge is 2.57. The van der Waals surface area contributed by atoms with Crippen LogP contribution in [0.2, 0.25) is 15.1 Å². The van der Waals surface area contributed by atoms with Gasteiger partial charge in [0.25, 0.3) is 5.91 Å². The van der Waals surface area contributed by atoms with Gasteiger partial charge in [0.15, 0.2) is 6.61 Å². The molecule has 0 bridgehead atoms. The van der Waals surface area contributed by atoms with E-state index in [9.17, 15) is 24.0 Å². The van der Waals surface area contributed by atoms with Crippen LogP contribution in [0.1, 0.15) is 33.6 Å². The van der Waals surface area contributed by atoms with Crippen LogP contribution in [0.3, 0.4) is 0 Å². The SMILES string of the molecule is CCOC(=O)c1ccc(N2C(=O)C3Sc4[nH]c(=O)sc4[C@H](c4cc(Cl)ccc4OCC(=O)Nc4ccc(Cl)c(Cl)c4)C3C2=O)cc1. The molecule has 0 spiro atoms. The van der Waals surface area contributed by atoms with E-state index in [4.69, 9.17) is 44.3 Å². The second-order valence-corrected chi connectivity index (χ2v) is 13.6. The van der Waals surface area contributed by atoms with Crippen LogP contribution in [0.25, 0.3) is 0 Å². The Morgan fingerprint density at radius 1 is 0.957 bits per heavy atom. The maximum atomic E-state index is 14.1. The smallest absolute Gasteiger partial charge is 0.338 e. The summed E-state index contributed by atoms with van der Waals surface area (Å²) in [5, 5.41) is 3.20. The number of esters is 1. The van der Waals surface area contributed by atoms with Gasteiger partial charge in [0.1, 0.15) is 11.0 Å². The average Bonchev–Trinajstić information content (AvgIpc) is 3.52. The van der Waals surface area contributed by atoms with Crippen LogP contribution in [-0.2, 0) is 19.1 Å². The molecule has 3 heterocycles. The third-order valence-electron chi connectivity index (χ3n) is 7.33. The van der Waals surface area contributed by atoms with Crippen molar-refractivity contribution in [2.45, 2.75) is 23.1 Å². The minimum Gasteiger partial charge on any atom is -0.483 e. The molecule has 236 valence electrons. The van der Waals surface area contributed by atoms with Gasteiger partial charge in [-0.3, -0.25) is 19.2 Å². The quantitative estimate of drug-likeness (QED) is 0.158. The number of thioether (sulfide) groups is 1.